The first kappa shape index (κ1) is 18.3. The van der Waals surface area contributed by atoms with Crippen LogP contribution in [0.25, 0.3) is 22.6 Å². The summed E-state index contributed by atoms with van der Waals surface area (Å²) in [5, 5.41) is 13.6. The number of oxazole rings is 1. The van der Waals surface area contributed by atoms with Gasteiger partial charge >= 0.3 is 0 Å². The predicted octanol–water partition coefficient (Wildman–Crippen LogP) is 4.83. The fraction of sp³-hybridized carbons (Fsp3) is 0.300. The number of hydrogen-bond donors (Lipinski definition) is 2. The molecule has 0 spiro atoms. The zero-order valence-electron chi connectivity index (χ0n) is 14.4. The van der Waals surface area contributed by atoms with E-state index in [1.165, 1.54) is 0 Å². The number of carbonyl (C=O) groups excluding carboxylic acids is 1. The maximum Gasteiger partial charge on any atom is 0.251 e. The molecule has 0 saturated heterocycles. The van der Waals surface area contributed by atoms with Gasteiger partial charge in [0.25, 0.3) is 5.91 Å². The van der Waals surface area contributed by atoms with Crippen molar-refractivity contribution in [2.45, 2.75) is 37.8 Å². The molecule has 5 nitrogen and oxygen atoms in total. The molecule has 1 aliphatic rings. The highest BCUT2D eigenvalue weighted by atomic mass is 35.5. The Morgan fingerprint density at radius 2 is 1.78 bits per heavy atom. The van der Waals surface area contributed by atoms with E-state index in [0.717, 1.165) is 25.7 Å². The maximum absolute atomic E-state index is 12.5. The van der Waals surface area contributed by atoms with E-state index in [9.17, 15) is 9.90 Å². The number of nitrogens with zero attached hydrogens (tertiary/aromatic N) is 1. The van der Waals surface area contributed by atoms with E-state index in [0.29, 0.717) is 38.2 Å². The van der Waals surface area contributed by atoms with E-state index in [-0.39, 0.29) is 18.1 Å². The fourth-order valence-corrected chi connectivity index (χ4v) is 3.88. The zero-order chi connectivity index (χ0) is 19.0. The number of aliphatic hydroxyl groups excluding tert-OH is 1. The standard InChI is InChI=1S/C20H18Cl2N2O3/c21-13-7-12(8-14(22)10-13)20-24-17-6-1-11(9-18(17)27-20)19(26)23-15-2-4-16(25)5-3-15/h1,6-10,15-16,25H,2-5H2,(H,23,26)/t15-,16+. The van der Waals surface area contributed by atoms with Crippen molar-refractivity contribution in [1.82, 2.24) is 10.3 Å². The SMILES string of the molecule is O=C(N[C@H]1CC[C@@H](O)CC1)c1ccc2nc(-c3cc(Cl)cc(Cl)c3)oc2c1. The molecule has 1 amide bonds. The first-order valence-electron chi connectivity index (χ1n) is 8.84. The summed E-state index contributed by atoms with van der Waals surface area (Å²) in [5.74, 6) is 0.246. The molecule has 0 atom stereocenters. The van der Waals surface area contributed by atoms with E-state index in [1.807, 2.05) is 0 Å². The summed E-state index contributed by atoms with van der Waals surface area (Å²) in [4.78, 5) is 17.0. The molecule has 0 unspecified atom stereocenters. The van der Waals surface area contributed by atoms with Crippen LogP contribution >= 0.6 is 23.2 Å². The lowest BCUT2D eigenvalue weighted by molar-refractivity contribution is 0.0867. The predicted molar refractivity (Wildman–Crippen MR) is 105 cm³/mol. The van der Waals surface area contributed by atoms with Gasteiger partial charge in [0.05, 0.1) is 6.10 Å². The molecule has 4 rings (SSSR count). The van der Waals surface area contributed by atoms with Crippen LogP contribution in [-0.4, -0.2) is 28.1 Å². The minimum atomic E-state index is -0.248. The highest BCUT2D eigenvalue weighted by Crippen LogP contribution is 2.29. The van der Waals surface area contributed by atoms with Crippen molar-refractivity contribution in [3.05, 3.63) is 52.0 Å². The summed E-state index contributed by atoms with van der Waals surface area (Å²) < 4.78 is 5.82. The topological polar surface area (TPSA) is 75.4 Å². The Hall–Kier alpha value is -2.08. The third-order valence-electron chi connectivity index (χ3n) is 4.79. The first-order chi connectivity index (χ1) is 13.0. The largest absolute Gasteiger partial charge is 0.436 e. The normalized spacial score (nSPS) is 20.0. The second-order valence-electron chi connectivity index (χ2n) is 6.84. The molecule has 1 aliphatic carbocycles. The molecular weight excluding hydrogens is 387 g/mol. The number of halogens is 2. The second-order valence-corrected chi connectivity index (χ2v) is 7.71. The second kappa shape index (κ2) is 7.50. The van der Waals surface area contributed by atoms with Gasteiger partial charge in [0.15, 0.2) is 5.58 Å². The number of benzene rings is 2. The Morgan fingerprint density at radius 3 is 2.48 bits per heavy atom. The molecule has 0 bridgehead atoms. The van der Waals surface area contributed by atoms with Crippen LogP contribution < -0.4 is 5.32 Å². The van der Waals surface area contributed by atoms with Gasteiger partial charge in [-0.3, -0.25) is 4.79 Å². The third-order valence-corrected chi connectivity index (χ3v) is 5.23. The smallest absolute Gasteiger partial charge is 0.251 e. The molecule has 2 N–H and O–H groups in total. The van der Waals surface area contributed by atoms with Crippen LogP contribution in [0.3, 0.4) is 0 Å². The number of hydrogen-bond acceptors (Lipinski definition) is 4. The number of fused-ring (bicyclic) bond motifs is 1. The van der Waals surface area contributed by atoms with Crippen molar-refractivity contribution in [2.75, 3.05) is 0 Å². The summed E-state index contributed by atoms with van der Waals surface area (Å²) in [6, 6.07) is 10.4. The molecular formula is C20H18Cl2N2O3. The van der Waals surface area contributed by atoms with Crippen LogP contribution in [0.5, 0.6) is 0 Å². The monoisotopic (exact) mass is 404 g/mol. The van der Waals surface area contributed by atoms with Crippen LogP contribution in [0.15, 0.2) is 40.8 Å². The van der Waals surface area contributed by atoms with E-state index in [2.05, 4.69) is 10.3 Å². The van der Waals surface area contributed by atoms with Crippen LogP contribution in [0.1, 0.15) is 36.0 Å². The molecule has 7 heteroatoms. The van der Waals surface area contributed by atoms with Gasteiger partial charge in [0.2, 0.25) is 5.89 Å². The van der Waals surface area contributed by atoms with E-state index >= 15 is 0 Å². The summed E-state index contributed by atoms with van der Waals surface area (Å²) in [6.45, 7) is 0. The number of carbonyl (C=O) groups is 1. The van der Waals surface area contributed by atoms with Gasteiger partial charge in [-0.1, -0.05) is 23.2 Å². The van der Waals surface area contributed by atoms with Crippen LogP contribution in [0, 0.1) is 0 Å². The van der Waals surface area contributed by atoms with Gasteiger partial charge in [-0.2, -0.15) is 0 Å². The van der Waals surface area contributed by atoms with Gasteiger partial charge in [-0.25, -0.2) is 4.98 Å². The molecule has 140 valence electrons. The zero-order valence-corrected chi connectivity index (χ0v) is 15.9. The maximum atomic E-state index is 12.5. The lowest BCUT2D eigenvalue weighted by atomic mass is 9.93. The molecule has 1 aromatic heterocycles. The molecule has 2 aromatic carbocycles. The molecule has 3 aromatic rings. The Labute approximate surface area is 166 Å². The Morgan fingerprint density at radius 1 is 1.07 bits per heavy atom. The lowest BCUT2D eigenvalue weighted by Crippen LogP contribution is -2.38. The quantitative estimate of drug-likeness (QED) is 0.654. The van der Waals surface area contributed by atoms with Crippen LogP contribution in [0.2, 0.25) is 10.0 Å². The molecule has 1 heterocycles. The lowest BCUT2D eigenvalue weighted by Gasteiger charge is -2.26. The van der Waals surface area contributed by atoms with Gasteiger partial charge in [0.1, 0.15) is 5.52 Å². The van der Waals surface area contributed by atoms with Crippen molar-refractivity contribution in [3.63, 3.8) is 0 Å². The van der Waals surface area contributed by atoms with Crippen LogP contribution in [0.4, 0.5) is 0 Å². The van der Waals surface area contributed by atoms with Crippen molar-refractivity contribution >= 4 is 40.2 Å². The highest BCUT2D eigenvalue weighted by Gasteiger charge is 2.21. The van der Waals surface area contributed by atoms with Gasteiger partial charge in [-0.05, 0) is 62.1 Å². The number of aromatic nitrogens is 1. The molecule has 0 aliphatic heterocycles. The summed E-state index contributed by atoms with van der Waals surface area (Å²) in [7, 11) is 0. The Kier molecular flexibility index (Phi) is 5.08. The van der Waals surface area contributed by atoms with Crippen LogP contribution in [-0.2, 0) is 0 Å². The summed E-state index contributed by atoms with van der Waals surface area (Å²) in [5.41, 5.74) is 2.36. The fourth-order valence-electron chi connectivity index (χ4n) is 3.36. The van der Waals surface area contributed by atoms with Crippen molar-refractivity contribution in [1.29, 1.82) is 0 Å². The van der Waals surface area contributed by atoms with Crippen molar-refractivity contribution < 1.29 is 14.3 Å². The number of rotatable bonds is 3. The summed E-state index contributed by atoms with van der Waals surface area (Å²) >= 11 is 12.1. The molecule has 1 fully saturated rings. The minimum Gasteiger partial charge on any atom is -0.436 e. The molecule has 1 saturated carbocycles. The average molecular weight is 405 g/mol. The summed E-state index contributed by atoms with van der Waals surface area (Å²) in [6.07, 6.45) is 2.77. The van der Waals surface area contributed by atoms with E-state index < -0.39 is 0 Å². The number of aliphatic hydroxyl groups is 1. The number of amides is 1. The van der Waals surface area contributed by atoms with Gasteiger partial charge < -0.3 is 14.8 Å². The number of nitrogens with one attached hydrogen (secondary N) is 1. The molecule has 0 radical (unpaired) electrons. The van der Waals surface area contributed by atoms with E-state index in [1.54, 1.807) is 36.4 Å². The van der Waals surface area contributed by atoms with Gasteiger partial charge in [0, 0.05) is 27.2 Å². The average Bonchev–Trinajstić information content (AvgIpc) is 3.06. The Balaban J connectivity index is 1.56. The third kappa shape index (κ3) is 4.10. The highest BCUT2D eigenvalue weighted by molar-refractivity contribution is 6.35. The molecule has 27 heavy (non-hydrogen) atoms. The Bertz CT molecular complexity index is 974. The van der Waals surface area contributed by atoms with Crippen molar-refractivity contribution in [3.8, 4) is 11.5 Å². The van der Waals surface area contributed by atoms with Crippen molar-refractivity contribution in [2.24, 2.45) is 0 Å². The minimum absolute atomic E-state index is 0.0930. The van der Waals surface area contributed by atoms with Gasteiger partial charge in [-0.15, -0.1) is 0 Å². The van der Waals surface area contributed by atoms with E-state index in [4.69, 9.17) is 27.6 Å². The first-order valence-corrected chi connectivity index (χ1v) is 9.59.